The highest BCUT2D eigenvalue weighted by Crippen LogP contribution is 2.10. The quantitative estimate of drug-likeness (QED) is 0.826. The maximum Gasteiger partial charge on any atom is 0.251 e. The number of amides is 2. The van der Waals surface area contributed by atoms with Gasteiger partial charge in [-0.15, -0.1) is 0 Å². The van der Waals surface area contributed by atoms with Gasteiger partial charge in [0.2, 0.25) is 5.91 Å². The van der Waals surface area contributed by atoms with E-state index in [9.17, 15) is 9.59 Å². The standard InChI is InChI=1S/C14H18N2O2/c1-9-6-10(2)8-11(7-9)13(17)16-12-4-3-5-15-14(12)18/h6-8,12H,3-5H2,1-2H3,(H,15,18)(H,16,17). The van der Waals surface area contributed by atoms with Gasteiger partial charge in [0.1, 0.15) is 6.04 Å². The van der Waals surface area contributed by atoms with Crippen LogP contribution in [0.3, 0.4) is 0 Å². The van der Waals surface area contributed by atoms with E-state index in [1.807, 2.05) is 32.0 Å². The average Bonchev–Trinajstić information content (AvgIpc) is 2.31. The Balaban J connectivity index is 2.09. The van der Waals surface area contributed by atoms with Crippen molar-refractivity contribution in [2.45, 2.75) is 32.7 Å². The van der Waals surface area contributed by atoms with Crippen molar-refractivity contribution in [3.05, 3.63) is 34.9 Å². The molecule has 0 bridgehead atoms. The second kappa shape index (κ2) is 5.21. The van der Waals surface area contributed by atoms with E-state index in [0.29, 0.717) is 18.5 Å². The molecule has 0 radical (unpaired) electrons. The van der Waals surface area contributed by atoms with Crippen LogP contribution in [-0.4, -0.2) is 24.4 Å². The zero-order valence-electron chi connectivity index (χ0n) is 10.7. The first-order chi connectivity index (χ1) is 8.56. The fraction of sp³-hybridized carbons (Fsp3) is 0.429. The van der Waals surface area contributed by atoms with Crippen LogP contribution in [0.15, 0.2) is 18.2 Å². The number of rotatable bonds is 2. The first kappa shape index (κ1) is 12.6. The second-order valence-corrected chi connectivity index (χ2v) is 4.84. The molecule has 96 valence electrons. The van der Waals surface area contributed by atoms with E-state index in [0.717, 1.165) is 17.5 Å². The highest BCUT2D eigenvalue weighted by atomic mass is 16.2. The molecule has 18 heavy (non-hydrogen) atoms. The molecule has 0 aliphatic carbocycles. The summed E-state index contributed by atoms with van der Waals surface area (Å²) < 4.78 is 0. The van der Waals surface area contributed by atoms with Gasteiger partial charge in [0.05, 0.1) is 0 Å². The molecule has 0 aromatic heterocycles. The van der Waals surface area contributed by atoms with Crippen molar-refractivity contribution in [3.8, 4) is 0 Å². The Morgan fingerprint density at radius 1 is 1.28 bits per heavy atom. The molecule has 2 rings (SSSR count). The minimum Gasteiger partial charge on any atom is -0.354 e. The van der Waals surface area contributed by atoms with E-state index in [2.05, 4.69) is 10.6 Å². The molecular weight excluding hydrogens is 228 g/mol. The molecular formula is C14H18N2O2. The number of piperidine rings is 1. The molecule has 0 saturated carbocycles. The largest absolute Gasteiger partial charge is 0.354 e. The summed E-state index contributed by atoms with van der Waals surface area (Å²) >= 11 is 0. The molecule has 1 heterocycles. The van der Waals surface area contributed by atoms with E-state index in [4.69, 9.17) is 0 Å². The third kappa shape index (κ3) is 2.88. The number of nitrogens with one attached hydrogen (secondary N) is 2. The van der Waals surface area contributed by atoms with E-state index in [1.54, 1.807) is 0 Å². The van der Waals surface area contributed by atoms with Crippen molar-refractivity contribution in [3.63, 3.8) is 0 Å². The molecule has 2 N–H and O–H groups in total. The second-order valence-electron chi connectivity index (χ2n) is 4.84. The molecule has 1 unspecified atom stereocenters. The molecule has 1 aliphatic heterocycles. The van der Waals surface area contributed by atoms with Gasteiger partial charge >= 0.3 is 0 Å². The van der Waals surface area contributed by atoms with Gasteiger partial charge in [0, 0.05) is 12.1 Å². The Kier molecular flexibility index (Phi) is 3.65. The maximum atomic E-state index is 12.1. The average molecular weight is 246 g/mol. The number of carbonyl (C=O) groups excluding carboxylic acids is 2. The zero-order chi connectivity index (χ0) is 13.1. The predicted molar refractivity (Wildman–Crippen MR) is 69.4 cm³/mol. The topological polar surface area (TPSA) is 58.2 Å². The van der Waals surface area contributed by atoms with Crippen LogP contribution >= 0.6 is 0 Å². The molecule has 1 aliphatic rings. The van der Waals surface area contributed by atoms with E-state index in [1.165, 1.54) is 0 Å². The van der Waals surface area contributed by atoms with E-state index in [-0.39, 0.29) is 11.8 Å². The van der Waals surface area contributed by atoms with Crippen LogP contribution in [-0.2, 0) is 4.79 Å². The van der Waals surface area contributed by atoms with Gasteiger partial charge in [-0.3, -0.25) is 9.59 Å². The van der Waals surface area contributed by atoms with Crippen molar-refractivity contribution in [1.29, 1.82) is 0 Å². The maximum absolute atomic E-state index is 12.1. The molecule has 1 aromatic carbocycles. The molecule has 2 amide bonds. The molecule has 4 heteroatoms. The fourth-order valence-electron chi connectivity index (χ4n) is 2.26. The lowest BCUT2D eigenvalue weighted by molar-refractivity contribution is -0.124. The first-order valence-corrected chi connectivity index (χ1v) is 6.23. The summed E-state index contributed by atoms with van der Waals surface area (Å²) in [6.07, 6.45) is 1.62. The summed E-state index contributed by atoms with van der Waals surface area (Å²) in [6.45, 7) is 4.61. The first-order valence-electron chi connectivity index (χ1n) is 6.23. The minimum atomic E-state index is -0.396. The summed E-state index contributed by atoms with van der Waals surface area (Å²) in [5, 5.41) is 5.55. The smallest absolute Gasteiger partial charge is 0.251 e. The summed E-state index contributed by atoms with van der Waals surface area (Å²) in [4.78, 5) is 23.6. The predicted octanol–water partition coefficient (Wildman–Crippen LogP) is 1.31. The van der Waals surface area contributed by atoms with Crippen LogP contribution in [0.25, 0.3) is 0 Å². The van der Waals surface area contributed by atoms with Crippen LogP contribution in [0, 0.1) is 13.8 Å². The van der Waals surface area contributed by atoms with Crippen LogP contribution < -0.4 is 10.6 Å². The molecule has 1 fully saturated rings. The lowest BCUT2D eigenvalue weighted by Crippen LogP contribution is -2.50. The number of benzene rings is 1. The Morgan fingerprint density at radius 2 is 1.94 bits per heavy atom. The Hall–Kier alpha value is -1.84. The van der Waals surface area contributed by atoms with E-state index < -0.39 is 6.04 Å². The van der Waals surface area contributed by atoms with Crippen LogP contribution in [0.4, 0.5) is 0 Å². The summed E-state index contributed by atoms with van der Waals surface area (Å²) in [6, 6.07) is 5.29. The van der Waals surface area contributed by atoms with Crippen LogP contribution in [0.2, 0.25) is 0 Å². The van der Waals surface area contributed by atoms with Gasteiger partial charge in [-0.05, 0) is 38.8 Å². The molecule has 1 atom stereocenters. The molecule has 0 spiro atoms. The number of hydrogen-bond donors (Lipinski definition) is 2. The third-order valence-corrected chi connectivity index (χ3v) is 3.07. The summed E-state index contributed by atoms with van der Waals surface area (Å²) in [5.74, 6) is -0.261. The van der Waals surface area contributed by atoms with E-state index >= 15 is 0 Å². The van der Waals surface area contributed by atoms with Gasteiger partial charge in [-0.25, -0.2) is 0 Å². The van der Waals surface area contributed by atoms with Crippen molar-refractivity contribution >= 4 is 11.8 Å². The monoisotopic (exact) mass is 246 g/mol. The zero-order valence-corrected chi connectivity index (χ0v) is 10.7. The third-order valence-electron chi connectivity index (χ3n) is 3.07. The Morgan fingerprint density at radius 3 is 2.56 bits per heavy atom. The number of aryl methyl sites for hydroxylation is 2. The molecule has 4 nitrogen and oxygen atoms in total. The minimum absolute atomic E-state index is 0.0843. The number of hydrogen-bond acceptors (Lipinski definition) is 2. The lowest BCUT2D eigenvalue weighted by atomic mass is 10.0. The fourth-order valence-corrected chi connectivity index (χ4v) is 2.26. The normalized spacial score (nSPS) is 19.2. The molecule has 1 aromatic rings. The van der Waals surface area contributed by atoms with Gasteiger partial charge in [-0.1, -0.05) is 17.2 Å². The SMILES string of the molecule is Cc1cc(C)cc(C(=O)NC2CCCNC2=O)c1. The summed E-state index contributed by atoms with van der Waals surface area (Å²) in [7, 11) is 0. The van der Waals surface area contributed by atoms with Gasteiger partial charge in [0.15, 0.2) is 0 Å². The van der Waals surface area contributed by atoms with Crippen molar-refractivity contribution < 1.29 is 9.59 Å². The van der Waals surface area contributed by atoms with Crippen LogP contribution in [0.5, 0.6) is 0 Å². The Bertz CT molecular complexity index is 462. The Labute approximate surface area is 107 Å². The van der Waals surface area contributed by atoms with Crippen molar-refractivity contribution in [2.24, 2.45) is 0 Å². The van der Waals surface area contributed by atoms with Crippen molar-refractivity contribution in [2.75, 3.05) is 6.54 Å². The van der Waals surface area contributed by atoms with Gasteiger partial charge in [-0.2, -0.15) is 0 Å². The summed E-state index contributed by atoms with van der Waals surface area (Å²) in [5.41, 5.74) is 2.72. The lowest BCUT2D eigenvalue weighted by Gasteiger charge is -2.22. The van der Waals surface area contributed by atoms with Crippen LogP contribution in [0.1, 0.15) is 34.3 Å². The van der Waals surface area contributed by atoms with Crippen molar-refractivity contribution in [1.82, 2.24) is 10.6 Å². The van der Waals surface area contributed by atoms with Gasteiger partial charge < -0.3 is 10.6 Å². The highest BCUT2D eigenvalue weighted by molar-refractivity contribution is 5.97. The number of carbonyl (C=O) groups is 2. The highest BCUT2D eigenvalue weighted by Gasteiger charge is 2.23. The molecule has 1 saturated heterocycles. The van der Waals surface area contributed by atoms with Gasteiger partial charge in [0.25, 0.3) is 5.91 Å².